The number of halogens is 3. The van der Waals surface area contributed by atoms with Gasteiger partial charge >= 0.3 is 6.18 Å². The molecule has 2 heterocycles. The van der Waals surface area contributed by atoms with E-state index in [-0.39, 0.29) is 11.5 Å². The third kappa shape index (κ3) is 2.91. The van der Waals surface area contributed by atoms with Crippen LogP contribution in [0.1, 0.15) is 38.2 Å². The van der Waals surface area contributed by atoms with Crippen LogP contribution >= 0.6 is 0 Å². The molecule has 0 spiro atoms. The van der Waals surface area contributed by atoms with Gasteiger partial charge in [0, 0.05) is 18.5 Å². The summed E-state index contributed by atoms with van der Waals surface area (Å²) in [6.45, 7) is 5.49. The van der Waals surface area contributed by atoms with Crippen LogP contribution in [0.25, 0.3) is 0 Å². The fourth-order valence-corrected chi connectivity index (χ4v) is 4.62. The third-order valence-electron chi connectivity index (χ3n) is 5.38. The Kier molecular flexibility index (Phi) is 4.03. The quantitative estimate of drug-likeness (QED) is 0.818. The molecule has 126 valence electrons. The molecular weight excluding hydrogens is 303 g/mol. The summed E-state index contributed by atoms with van der Waals surface area (Å²) in [7, 11) is 0. The molecule has 23 heavy (non-hydrogen) atoms. The van der Waals surface area contributed by atoms with Crippen LogP contribution in [-0.4, -0.2) is 36.0 Å². The Morgan fingerprint density at radius 3 is 2.48 bits per heavy atom. The molecule has 2 nitrogen and oxygen atoms in total. The molecule has 2 fully saturated rings. The van der Waals surface area contributed by atoms with Gasteiger partial charge in [0.1, 0.15) is 0 Å². The molecule has 1 aromatic rings. The maximum Gasteiger partial charge on any atom is 0.450 e. The highest BCUT2D eigenvalue weighted by Gasteiger charge is 2.57. The summed E-state index contributed by atoms with van der Waals surface area (Å²) in [5.41, 5.74) is 0.458. The molecule has 2 aliphatic heterocycles. The lowest BCUT2D eigenvalue weighted by molar-refractivity contribution is -0.182. The largest absolute Gasteiger partial charge is 0.450 e. The van der Waals surface area contributed by atoms with Crippen molar-refractivity contribution in [3.05, 3.63) is 35.9 Å². The molecule has 3 atom stereocenters. The predicted octanol–water partition coefficient (Wildman–Crippen LogP) is 4.02. The summed E-state index contributed by atoms with van der Waals surface area (Å²) in [6, 6.07) is 8.94. The van der Waals surface area contributed by atoms with E-state index in [0.717, 1.165) is 25.1 Å². The highest BCUT2D eigenvalue weighted by molar-refractivity contribution is 5.88. The van der Waals surface area contributed by atoms with Crippen LogP contribution in [0, 0.1) is 11.3 Å². The van der Waals surface area contributed by atoms with E-state index >= 15 is 0 Å². The minimum absolute atomic E-state index is 0.289. The van der Waals surface area contributed by atoms with Crippen LogP contribution in [0.15, 0.2) is 30.3 Å². The van der Waals surface area contributed by atoms with Crippen LogP contribution < -0.4 is 0 Å². The van der Waals surface area contributed by atoms with Gasteiger partial charge in [0.25, 0.3) is 0 Å². The van der Waals surface area contributed by atoms with Crippen LogP contribution in [0.5, 0.6) is 0 Å². The number of hydrogen-bond donors (Lipinski definition) is 0. The van der Waals surface area contributed by atoms with Crippen molar-refractivity contribution in [3.63, 3.8) is 0 Å². The van der Waals surface area contributed by atoms with Crippen LogP contribution in [0.2, 0.25) is 0 Å². The van der Waals surface area contributed by atoms with E-state index in [0.29, 0.717) is 6.42 Å². The SMILES string of the molecule is CC1(C)CN2CCCC2C(C(=O)C(F)(F)F)C1c1ccccc1. The van der Waals surface area contributed by atoms with E-state index in [2.05, 4.69) is 4.90 Å². The van der Waals surface area contributed by atoms with Crippen molar-refractivity contribution < 1.29 is 18.0 Å². The highest BCUT2D eigenvalue weighted by Crippen LogP contribution is 2.52. The Morgan fingerprint density at radius 1 is 1.22 bits per heavy atom. The maximum atomic E-state index is 13.3. The van der Waals surface area contributed by atoms with Gasteiger partial charge in [-0.05, 0) is 30.4 Å². The minimum atomic E-state index is -4.78. The number of fused-ring (bicyclic) bond motifs is 1. The molecule has 0 radical (unpaired) electrons. The van der Waals surface area contributed by atoms with E-state index in [4.69, 9.17) is 0 Å². The monoisotopic (exact) mass is 325 g/mol. The van der Waals surface area contributed by atoms with E-state index in [1.165, 1.54) is 0 Å². The van der Waals surface area contributed by atoms with Crippen molar-refractivity contribution in [1.29, 1.82) is 0 Å². The molecule has 0 aliphatic carbocycles. The van der Waals surface area contributed by atoms with Crippen molar-refractivity contribution in [2.24, 2.45) is 11.3 Å². The predicted molar refractivity (Wildman–Crippen MR) is 82.1 cm³/mol. The van der Waals surface area contributed by atoms with Crippen molar-refractivity contribution in [2.45, 2.75) is 44.8 Å². The van der Waals surface area contributed by atoms with E-state index in [9.17, 15) is 18.0 Å². The third-order valence-corrected chi connectivity index (χ3v) is 5.38. The van der Waals surface area contributed by atoms with Gasteiger partial charge in [-0.3, -0.25) is 9.69 Å². The molecule has 2 saturated heterocycles. The number of carbonyl (C=O) groups is 1. The number of hydrogen-bond acceptors (Lipinski definition) is 2. The first-order chi connectivity index (χ1) is 10.7. The molecule has 5 heteroatoms. The van der Waals surface area contributed by atoms with Gasteiger partial charge < -0.3 is 0 Å². The normalized spacial score (nSPS) is 30.9. The van der Waals surface area contributed by atoms with Gasteiger partial charge in [-0.15, -0.1) is 0 Å². The molecule has 0 amide bonds. The van der Waals surface area contributed by atoms with Gasteiger partial charge in [-0.2, -0.15) is 13.2 Å². The Bertz CT molecular complexity index is 582. The number of Topliss-reactive ketones (excluding diaryl/α,β-unsaturated/α-hetero) is 1. The first-order valence-corrected chi connectivity index (χ1v) is 8.12. The maximum absolute atomic E-state index is 13.3. The zero-order chi connectivity index (χ0) is 16.8. The number of carbonyl (C=O) groups excluding carboxylic acids is 1. The average Bonchev–Trinajstić information content (AvgIpc) is 2.91. The molecule has 1 aromatic carbocycles. The molecule has 0 saturated carbocycles. The number of alkyl halides is 3. The summed E-state index contributed by atoms with van der Waals surface area (Å²) in [5.74, 6) is -2.98. The summed E-state index contributed by atoms with van der Waals surface area (Å²) >= 11 is 0. The van der Waals surface area contributed by atoms with Gasteiger partial charge in [-0.1, -0.05) is 44.2 Å². The van der Waals surface area contributed by atoms with E-state index < -0.39 is 23.8 Å². The fraction of sp³-hybridized carbons (Fsp3) is 0.611. The van der Waals surface area contributed by atoms with Crippen molar-refractivity contribution in [2.75, 3.05) is 13.1 Å². The minimum Gasteiger partial charge on any atom is -0.299 e. The fourth-order valence-electron chi connectivity index (χ4n) is 4.62. The smallest absolute Gasteiger partial charge is 0.299 e. The molecule has 0 bridgehead atoms. The lowest BCUT2D eigenvalue weighted by atomic mass is 9.61. The average molecular weight is 325 g/mol. The lowest BCUT2D eigenvalue weighted by Crippen LogP contribution is -2.57. The molecular formula is C18H22F3NO. The Balaban J connectivity index is 2.09. The second-order valence-electron chi connectivity index (χ2n) is 7.44. The summed E-state index contributed by atoms with van der Waals surface area (Å²) in [6.07, 6.45) is -3.24. The van der Waals surface area contributed by atoms with Crippen molar-refractivity contribution >= 4 is 5.78 Å². The van der Waals surface area contributed by atoms with Crippen LogP contribution in [0.3, 0.4) is 0 Å². The number of rotatable bonds is 2. The number of piperidine rings is 1. The Morgan fingerprint density at radius 2 is 1.87 bits per heavy atom. The first kappa shape index (κ1) is 16.5. The zero-order valence-electron chi connectivity index (χ0n) is 13.4. The summed E-state index contributed by atoms with van der Waals surface area (Å²) in [4.78, 5) is 14.4. The molecule has 0 aromatic heterocycles. The topological polar surface area (TPSA) is 20.3 Å². The molecule has 3 unspecified atom stereocenters. The van der Waals surface area contributed by atoms with Crippen molar-refractivity contribution in [3.8, 4) is 0 Å². The lowest BCUT2D eigenvalue weighted by Gasteiger charge is -2.51. The van der Waals surface area contributed by atoms with E-state index in [1.807, 2.05) is 44.2 Å². The highest BCUT2D eigenvalue weighted by atomic mass is 19.4. The zero-order valence-corrected chi connectivity index (χ0v) is 13.4. The summed E-state index contributed by atoms with van der Waals surface area (Å²) < 4.78 is 39.8. The Labute approximate surface area is 134 Å². The summed E-state index contributed by atoms with van der Waals surface area (Å²) in [5, 5.41) is 0. The van der Waals surface area contributed by atoms with Gasteiger partial charge in [0.2, 0.25) is 5.78 Å². The van der Waals surface area contributed by atoms with Crippen molar-refractivity contribution in [1.82, 2.24) is 4.90 Å². The standard InChI is InChI=1S/C18H22F3NO/c1-17(2)11-22-10-6-9-13(22)14(16(23)18(19,20)21)15(17)12-7-4-3-5-8-12/h3-5,7-8,13-15H,6,9-11H2,1-2H3. The number of ketones is 1. The van der Waals surface area contributed by atoms with Crippen LogP contribution in [-0.2, 0) is 4.79 Å². The Hall–Kier alpha value is -1.36. The van der Waals surface area contributed by atoms with Crippen LogP contribution in [0.4, 0.5) is 13.2 Å². The van der Waals surface area contributed by atoms with Gasteiger partial charge in [0.05, 0.1) is 5.92 Å². The molecule has 2 aliphatic rings. The molecule has 3 rings (SSSR count). The van der Waals surface area contributed by atoms with Gasteiger partial charge in [-0.25, -0.2) is 0 Å². The number of benzene rings is 1. The second kappa shape index (κ2) is 5.62. The molecule has 0 N–H and O–H groups in total. The second-order valence-corrected chi connectivity index (χ2v) is 7.44. The van der Waals surface area contributed by atoms with Gasteiger partial charge in [0.15, 0.2) is 0 Å². The van der Waals surface area contributed by atoms with E-state index in [1.54, 1.807) is 0 Å². The first-order valence-electron chi connectivity index (χ1n) is 8.12. The number of nitrogens with zero attached hydrogens (tertiary/aromatic N) is 1.